The molecule has 0 atom stereocenters. The second kappa shape index (κ2) is 8.79. The van der Waals surface area contributed by atoms with Crippen molar-refractivity contribution in [1.29, 1.82) is 0 Å². The second-order valence-corrected chi connectivity index (χ2v) is 5.90. The molecule has 0 spiro atoms. The number of carbonyl (C=O) groups is 2. The number of methoxy groups -OCH3 is 1. The first-order valence-corrected chi connectivity index (χ1v) is 7.83. The maximum absolute atomic E-state index is 11.7. The summed E-state index contributed by atoms with van der Waals surface area (Å²) in [6, 6.07) is 1.88. The number of aromatic nitrogens is 1. The molecule has 0 aliphatic heterocycles. The topological polar surface area (TPSA) is 59.5 Å². The third-order valence-electron chi connectivity index (χ3n) is 2.97. The number of nitrogens with zero attached hydrogens (tertiary/aromatic N) is 2. The van der Waals surface area contributed by atoms with E-state index in [1.54, 1.807) is 18.1 Å². The van der Waals surface area contributed by atoms with Gasteiger partial charge < -0.3 is 4.74 Å². The van der Waals surface area contributed by atoms with Crippen LogP contribution in [0.3, 0.4) is 0 Å². The molecular weight excluding hydrogens is 288 g/mol. The lowest BCUT2D eigenvalue weighted by atomic mass is 10.1. The average Bonchev–Trinajstić information content (AvgIpc) is 2.46. The van der Waals surface area contributed by atoms with Crippen LogP contribution >= 0.6 is 11.9 Å². The molecule has 0 bridgehead atoms. The summed E-state index contributed by atoms with van der Waals surface area (Å²) in [5.74, 6) is 0.558. The van der Waals surface area contributed by atoms with Crippen molar-refractivity contribution >= 4 is 23.7 Å². The van der Waals surface area contributed by atoms with Gasteiger partial charge in [0.1, 0.15) is 12.2 Å². The largest absolute Gasteiger partial charge is 0.468 e. The van der Waals surface area contributed by atoms with Crippen molar-refractivity contribution in [3.63, 3.8) is 0 Å². The molecule has 0 saturated carbocycles. The van der Waals surface area contributed by atoms with E-state index in [-0.39, 0.29) is 18.3 Å². The Morgan fingerprint density at radius 3 is 2.71 bits per heavy atom. The maximum atomic E-state index is 11.7. The molecule has 0 radical (unpaired) electrons. The van der Waals surface area contributed by atoms with Gasteiger partial charge >= 0.3 is 5.97 Å². The van der Waals surface area contributed by atoms with Crippen LogP contribution in [0.1, 0.15) is 41.9 Å². The number of aryl methyl sites for hydroxylation is 1. The van der Waals surface area contributed by atoms with Crippen molar-refractivity contribution in [2.45, 2.75) is 33.7 Å². The van der Waals surface area contributed by atoms with Gasteiger partial charge in [-0.2, -0.15) is 0 Å². The molecule has 6 heteroatoms. The molecule has 1 aromatic rings. The van der Waals surface area contributed by atoms with Gasteiger partial charge in [-0.3, -0.25) is 14.6 Å². The molecule has 116 valence electrons. The number of esters is 1. The molecule has 5 nitrogen and oxygen atoms in total. The zero-order valence-electron chi connectivity index (χ0n) is 13.0. The number of ketones is 1. The Kier molecular flexibility index (Phi) is 7.39. The summed E-state index contributed by atoms with van der Waals surface area (Å²) in [7, 11) is 1.38. The van der Waals surface area contributed by atoms with Crippen LogP contribution in [0.25, 0.3) is 0 Å². The quantitative estimate of drug-likeness (QED) is 0.418. The fourth-order valence-electron chi connectivity index (χ4n) is 1.84. The lowest BCUT2D eigenvalue weighted by Gasteiger charge is -2.21. The van der Waals surface area contributed by atoms with E-state index in [4.69, 9.17) is 4.74 Å². The van der Waals surface area contributed by atoms with Crippen LogP contribution in [0.2, 0.25) is 0 Å². The predicted molar refractivity (Wildman–Crippen MR) is 84.2 cm³/mol. The van der Waals surface area contributed by atoms with Gasteiger partial charge in [0, 0.05) is 25.4 Å². The maximum Gasteiger partial charge on any atom is 0.320 e. The van der Waals surface area contributed by atoms with Gasteiger partial charge in [-0.25, -0.2) is 4.31 Å². The number of hydrogen-bond acceptors (Lipinski definition) is 6. The minimum absolute atomic E-state index is 0.0628. The molecule has 0 aliphatic carbocycles. The van der Waals surface area contributed by atoms with E-state index in [1.807, 2.05) is 17.3 Å². The minimum atomic E-state index is -0.287. The average molecular weight is 310 g/mol. The number of carbonyl (C=O) groups excluding carboxylic acids is 2. The standard InChI is InChI=1S/C15H22N2O3S/c1-5-8-21-17(10-14(19)20-4)9-13-11(2)6-7-16-15(13)12(3)18/h6-7H,5,8-10H2,1-4H3. The summed E-state index contributed by atoms with van der Waals surface area (Å²) in [5.41, 5.74) is 2.35. The molecule has 0 unspecified atom stereocenters. The lowest BCUT2D eigenvalue weighted by molar-refractivity contribution is -0.140. The van der Waals surface area contributed by atoms with E-state index in [0.29, 0.717) is 12.2 Å². The first-order chi connectivity index (χ1) is 9.99. The van der Waals surface area contributed by atoms with Crippen molar-refractivity contribution in [3.8, 4) is 0 Å². The highest BCUT2D eigenvalue weighted by atomic mass is 32.2. The van der Waals surface area contributed by atoms with Crippen LogP contribution in [-0.2, 0) is 16.1 Å². The predicted octanol–water partition coefficient (Wildman–Crippen LogP) is 2.63. The van der Waals surface area contributed by atoms with E-state index in [2.05, 4.69) is 11.9 Å². The Morgan fingerprint density at radius 2 is 2.14 bits per heavy atom. The van der Waals surface area contributed by atoms with Gasteiger partial charge in [0.05, 0.1) is 7.11 Å². The van der Waals surface area contributed by atoms with E-state index in [9.17, 15) is 9.59 Å². The Bertz CT molecular complexity index is 506. The number of hydrogen-bond donors (Lipinski definition) is 0. The van der Waals surface area contributed by atoms with Gasteiger partial charge in [0.15, 0.2) is 5.78 Å². The van der Waals surface area contributed by atoms with Crippen molar-refractivity contribution in [1.82, 2.24) is 9.29 Å². The number of ether oxygens (including phenoxy) is 1. The highest BCUT2D eigenvalue weighted by Crippen LogP contribution is 2.20. The SMILES string of the molecule is CCCSN(CC(=O)OC)Cc1c(C)ccnc1C(C)=O. The van der Waals surface area contributed by atoms with Crippen LogP contribution in [0, 0.1) is 6.92 Å². The summed E-state index contributed by atoms with van der Waals surface area (Å²) >= 11 is 1.58. The summed E-state index contributed by atoms with van der Waals surface area (Å²) in [5, 5.41) is 0. The molecule has 0 saturated heterocycles. The molecule has 1 aromatic heterocycles. The molecule has 21 heavy (non-hydrogen) atoms. The van der Waals surface area contributed by atoms with Gasteiger partial charge in [0.25, 0.3) is 0 Å². The fourth-order valence-corrected chi connectivity index (χ4v) is 2.70. The monoisotopic (exact) mass is 310 g/mol. The molecule has 1 rings (SSSR count). The molecule has 0 aliphatic rings. The van der Waals surface area contributed by atoms with Crippen LogP contribution < -0.4 is 0 Å². The van der Waals surface area contributed by atoms with Crippen LogP contribution in [-0.4, -0.2) is 40.4 Å². The Labute approximate surface area is 130 Å². The van der Waals surface area contributed by atoms with Crippen molar-refractivity contribution in [3.05, 3.63) is 29.1 Å². The van der Waals surface area contributed by atoms with E-state index >= 15 is 0 Å². The summed E-state index contributed by atoms with van der Waals surface area (Å²) < 4.78 is 6.65. The third kappa shape index (κ3) is 5.47. The Balaban J connectivity index is 2.96. The van der Waals surface area contributed by atoms with Gasteiger partial charge in [0.2, 0.25) is 0 Å². The highest BCUT2D eigenvalue weighted by molar-refractivity contribution is 7.97. The zero-order valence-corrected chi connectivity index (χ0v) is 13.8. The van der Waals surface area contributed by atoms with Crippen molar-refractivity contribution in [2.75, 3.05) is 19.4 Å². The molecule has 0 aromatic carbocycles. The fraction of sp³-hybridized carbons (Fsp3) is 0.533. The van der Waals surface area contributed by atoms with E-state index < -0.39 is 0 Å². The van der Waals surface area contributed by atoms with Crippen LogP contribution in [0.15, 0.2) is 12.3 Å². The summed E-state index contributed by atoms with van der Waals surface area (Å²) in [6.07, 6.45) is 2.65. The second-order valence-electron chi connectivity index (χ2n) is 4.72. The van der Waals surface area contributed by atoms with Crippen LogP contribution in [0.5, 0.6) is 0 Å². The first-order valence-electron chi connectivity index (χ1n) is 6.89. The normalized spacial score (nSPS) is 10.7. The van der Waals surface area contributed by atoms with Gasteiger partial charge in [-0.1, -0.05) is 18.9 Å². The number of rotatable bonds is 8. The van der Waals surface area contributed by atoms with E-state index in [0.717, 1.165) is 23.3 Å². The summed E-state index contributed by atoms with van der Waals surface area (Å²) in [4.78, 5) is 27.4. The molecular formula is C15H22N2O3S. The summed E-state index contributed by atoms with van der Waals surface area (Å²) in [6.45, 7) is 6.22. The van der Waals surface area contributed by atoms with Crippen molar-refractivity contribution < 1.29 is 14.3 Å². The number of pyridine rings is 1. The smallest absolute Gasteiger partial charge is 0.320 e. The van der Waals surface area contributed by atoms with Crippen LogP contribution in [0.4, 0.5) is 0 Å². The molecule has 0 amide bonds. The zero-order chi connectivity index (χ0) is 15.8. The van der Waals surface area contributed by atoms with Gasteiger partial charge in [-0.05, 0) is 30.5 Å². The number of Topliss-reactive ketones (excluding diaryl/α,β-unsaturated/α-hetero) is 1. The first kappa shape index (κ1) is 17.7. The Morgan fingerprint density at radius 1 is 1.43 bits per heavy atom. The lowest BCUT2D eigenvalue weighted by Crippen LogP contribution is -2.26. The molecule has 0 fully saturated rings. The molecule has 1 heterocycles. The highest BCUT2D eigenvalue weighted by Gasteiger charge is 2.17. The van der Waals surface area contributed by atoms with Crippen molar-refractivity contribution in [2.24, 2.45) is 0 Å². The third-order valence-corrected chi connectivity index (χ3v) is 4.18. The van der Waals surface area contributed by atoms with Gasteiger partial charge in [-0.15, -0.1) is 0 Å². The molecule has 0 N–H and O–H groups in total. The Hall–Kier alpha value is -1.40. The van der Waals surface area contributed by atoms with E-state index in [1.165, 1.54) is 14.0 Å². The minimum Gasteiger partial charge on any atom is -0.468 e.